The van der Waals surface area contributed by atoms with Crippen LogP contribution in [0.3, 0.4) is 0 Å². The van der Waals surface area contributed by atoms with Crippen LogP contribution >= 0.6 is 22.9 Å². The predicted octanol–water partition coefficient (Wildman–Crippen LogP) is 2.84. The van der Waals surface area contributed by atoms with Gasteiger partial charge in [0.2, 0.25) is 10.0 Å². The van der Waals surface area contributed by atoms with Crippen LogP contribution in [-0.2, 0) is 10.0 Å². The number of aromatic nitrogens is 1. The summed E-state index contributed by atoms with van der Waals surface area (Å²) in [6.07, 6.45) is 1.37. The third-order valence-corrected chi connectivity index (χ3v) is 5.11. The molecule has 0 saturated carbocycles. The molecule has 0 saturated heterocycles. The maximum absolute atomic E-state index is 12.1. The first-order valence-corrected chi connectivity index (χ1v) is 7.90. The summed E-state index contributed by atoms with van der Waals surface area (Å²) >= 11 is 7.19. The average molecular weight is 303 g/mol. The maximum Gasteiger partial charge on any atom is 0.241 e. The molecule has 0 amide bonds. The molecule has 96 valence electrons. The van der Waals surface area contributed by atoms with E-state index in [1.54, 1.807) is 6.92 Å². The highest BCUT2D eigenvalue weighted by Gasteiger charge is 2.19. The van der Waals surface area contributed by atoms with Crippen molar-refractivity contribution < 1.29 is 8.42 Å². The van der Waals surface area contributed by atoms with Crippen LogP contribution in [0.1, 0.15) is 17.8 Å². The van der Waals surface area contributed by atoms with Gasteiger partial charge in [0, 0.05) is 11.1 Å². The van der Waals surface area contributed by atoms with Crippen molar-refractivity contribution >= 4 is 33.0 Å². The van der Waals surface area contributed by atoms with Crippen molar-refractivity contribution in [3.05, 3.63) is 45.9 Å². The number of hydrogen-bond donors (Lipinski definition) is 1. The predicted molar refractivity (Wildman–Crippen MR) is 72.3 cm³/mol. The number of nitrogens with one attached hydrogen (secondary N) is 1. The molecule has 0 aromatic carbocycles. The van der Waals surface area contributed by atoms with Crippen molar-refractivity contribution in [3.63, 3.8) is 0 Å². The van der Waals surface area contributed by atoms with Crippen molar-refractivity contribution in [2.24, 2.45) is 0 Å². The number of rotatable bonds is 4. The molecule has 0 bridgehead atoms. The van der Waals surface area contributed by atoms with Crippen LogP contribution in [0.25, 0.3) is 0 Å². The third kappa shape index (κ3) is 3.08. The van der Waals surface area contributed by atoms with Crippen LogP contribution in [0.15, 0.2) is 40.7 Å². The van der Waals surface area contributed by atoms with Crippen LogP contribution in [-0.4, -0.2) is 13.4 Å². The fourth-order valence-corrected chi connectivity index (χ4v) is 3.73. The number of halogens is 1. The molecule has 0 fully saturated rings. The summed E-state index contributed by atoms with van der Waals surface area (Å²) in [5, 5.41) is 2.06. The zero-order valence-electron chi connectivity index (χ0n) is 9.50. The molecule has 0 spiro atoms. The Balaban J connectivity index is 2.22. The Morgan fingerprint density at radius 2 is 2.22 bits per heavy atom. The topological polar surface area (TPSA) is 59.1 Å². The first-order valence-electron chi connectivity index (χ1n) is 5.16. The molecule has 1 atom stereocenters. The van der Waals surface area contributed by atoms with Gasteiger partial charge in [-0.05, 0) is 30.5 Å². The molecule has 4 nitrogen and oxygen atoms in total. The van der Waals surface area contributed by atoms with Gasteiger partial charge in [0.1, 0.15) is 5.15 Å². The minimum absolute atomic E-state index is 0.117. The standard InChI is InChI=1S/C11H11ClN2O2S2/c1-8(10-3-2-6-17-10)14-18(15,16)9-4-5-13-11(12)7-9/h2-8,14H,1H3. The molecule has 18 heavy (non-hydrogen) atoms. The molecule has 0 aliphatic rings. The van der Waals surface area contributed by atoms with Gasteiger partial charge in [-0.3, -0.25) is 0 Å². The van der Waals surface area contributed by atoms with E-state index in [1.165, 1.54) is 29.7 Å². The van der Waals surface area contributed by atoms with Crippen molar-refractivity contribution in [3.8, 4) is 0 Å². The molecule has 2 heterocycles. The quantitative estimate of drug-likeness (QED) is 0.884. The van der Waals surface area contributed by atoms with Crippen molar-refractivity contribution in [2.45, 2.75) is 17.9 Å². The van der Waals surface area contributed by atoms with E-state index in [-0.39, 0.29) is 16.1 Å². The highest BCUT2D eigenvalue weighted by molar-refractivity contribution is 7.89. The normalized spacial score (nSPS) is 13.4. The number of nitrogens with zero attached hydrogens (tertiary/aromatic N) is 1. The van der Waals surface area contributed by atoms with E-state index in [4.69, 9.17) is 11.6 Å². The van der Waals surface area contributed by atoms with Gasteiger partial charge < -0.3 is 0 Å². The molecule has 2 aromatic heterocycles. The lowest BCUT2D eigenvalue weighted by molar-refractivity contribution is 0.568. The molecule has 1 N–H and O–H groups in total. The van der Waals surface area contributed by atoms with Gasteiger partial charge in [-0.1, -0.05) is 17.7 Å². The molecule has 2 aromatic rings. The highest BCUT2D eigenvalue weighted by Crippen LogP contribution is 2.21. The van der Waals surface area contributed by atoms with Gasteiger partial charge in [0.25, 0.3) is 0 Å². The average Bonchev–Trinajstić information content (AvgIpc) is 2.82. The summed E-state index contributed by atoms with van der Waals surface area (Å²) in [6.45, 7) is 1.80. The second-order valence-electron chi connectivity index (χ2n) is 3.67. The summed E-state index contributed by atoms with van der Waals surface area (Å²) in [5.74, 6) is 0. The Bertz CT molecular complexity index is 626. The summed E-state index contributed by atoms with van der Waals surface area (Å²) in [6, 6.07) is 6.23. The van der Waals surface area contributed by atoms with E-state index in [1.807, 2.05) is 17.5 Å². The first kappa shape index (κ1) is 13.5. The lowest BCUT2D eigenvalue weighted by atomic mass is 10.3. The number of hydrogen-bond acceptors (Lipinski definition) is 4. The third-order valence-electron chi connectivity index (χ3n) is 2.31. The number of sulfonamides is 1. The van der Waals surface area contributed by atoms with Crippen molar-refractivity contribution in [2.75, 3.05) is 0 Å². The molecular weight excluding hydrogens is 292 g/mol. The fourth-order valence-electron chi connectivity index (χ4n) is 1.45. The second-order valence-corrected chi connectivity index (χ2v) is 6.75. The monoisotopic (exact) mass is 302 g/mol. The minimum Gasteiger partial charge on any atom is -0.244 e. The number of pyridine rings is 1. The van der Waals surface area contributed by atoms with E-state index < -0.39 is 10.0 Å². The van der Waals surface area contributed by atoms with E-state index in [9.17, 15) is 8.42 Å². The van der Waals surface area contributed by atoms with E-state index >= 15 is 0 Å². The zero-order chi connectivity index (χ0) is 13.2. The second kappa shape index (κ2) is 5.36. The smallest absolute Gasteiger partial charge is 0.241 e. The molecule has 0 radical (unpaired) electrons. The van der Waals surface area contributed by atoms with E-state index in [0.717, 1.165) is 4.88 Å². The van der Waals surface area contributed by atoms with Gasteiger partial charge in [0.05, 0.1) is 10.9 Å². The van der Waals surface area contributed by atoms with Gasteiger partial charge >= 0.3 is 0 Å². The first-order chi connectivity index (χ1) is 8.49. The van der Waals surface area contributed by atoms with Crippen molar-refractivity contribution in [1.82, 2.24) is 9.71 Å². The lowest BCUT2D eigenvalue weighted by Gasteiger charge is -2.12. The molecular formula is C11H11ClN2O2S2. The Hall–Kier alpha value is -0.950. The summed E-state index contributed by atoms with van der Waals surface area (Å²) in [4.78, 5) is 4.83. The van der Waals surface area contributed by atoms with Crippen LogP contribution < -0.4 is 4.72 Å². The molecule has 1 unspecified atom stereocenters. The van der Waals surface area contributed by atoms with Gasteiger partial charge in [-0.2, -0.15) is 0 Å². The Morgan fingerprint density at radius 1 is 1.44 bits per heavy atom. The van der Waals surface area contributed by atoms with Crippen LogP contribution in [0.4, 0.5) is 0 Å². The van der Waals surface area contributed by atoms with Gasteiger partial charge in [0.15, 0.2) is 0 Å². The summed E-state index contributed by atoms with van der Waals surface area (Å²) in [7, 11) is -3.58. The molecule has 0 aliphatic carbocycles. The van der Waals surface area contributed by atoms with Crippen LogP contribution in [0, 0.1) is 0 Å². The summed E-state index contributed by atoms with van der Waals surface area (Å²) < 4.78 is 26.8. The SMILES string of the molecule is CC(NS(=O)(=O)c1ccnc(Cl)c1)c1cccs1. The Labute approximate surface area is 115 Å². The van der Waals surface area contributed by atoms with E-state index in [2.05, 4.69) is 9.71 Å². The largest absolute Gasteiger partial charge is 0.244 e. The summed E-state index contributed by atoms with van der Waals surface area (Å²) in [5.41, 5.74) is 0. The van der Waals surface area contributed by atoms with Gasteiger partial charge in [-0.25, -0.2) is 18.1 Å². The van der Waals surface area contributed by atoms with E-state index in [0.29, 0.717) is 0 Å². The zero-order valence-corrected chi connectivity index (χ0v) is 11.9. The molecule has 2 rings (SSSR count). The Kier molecular flexibility index (Phi) is 4.01. The number of thiophene rings is 1. The van der Waals surface area contributed by atoms with Gasteiger partial charge in [-0.15, -0.1) is 11.3 Å². The van der Waals surface area contributed by atoms with Crippen molar-refractivity contribution in [1.29, 1.82) is 0 Å². The molecule has 0 aliphatic heterocycles. The Morgan fingerprint density at radius 3 is 2.83 bits per heavy atom. The van der Waals surface area contributed by atoms with Crippen LogP contribution in [0.2, 0.25) is 5.15 Å². The minimum atomic E-state index is -3.58. The molecule has 7 heteroatoms. The maximum atomic E-state index is 12.1. The highest BCUT2D eigenvalue weighted by atomic mass is 35.5. The lowest BCUT2D eigenvalue weighted by Crippen LogP contribution is -2.26. The van der Waals surface area contributed by atoms with Crippen LogP contribution in [0.5, 0.6) is 0 Å². The fraction of sp³-hybridized carbons (Fsp3) is 0.182.